The number of rotatable bonds is 53. The third kappa shape index (κ3) is 49.0. The summed E-state index contributed by atoms with van der Waals surface area (Å²) in [6.07, 6.45) is 50.0. The summed E-state index contributed by atoms with van der Waals surface area (Å²) in [6.45, 7) is 4.61. The van der Waals surface area contributed by atoms with Crippen LogP contribution < -0.4 is 0 Å². The van der Waals surface area contributed by atoms with Crippen LogP contribution in [0.25, 0.3) is 0 Å². The lowest BCUT2D eigenvalue weighted by atomic mass is 10.1. The molecule has 68 heavy (non-hydrogen) atoms. The van der Waals surface area contributed by atoms with Crippen LogP contribution in [0.3, 0.4) is 0 Å². The molecule has 0 bridgehead atoms. The number of unbranched alkanes of at least 4 members (excludes halogenated alkanes) is 32. The molecule has 0 rings (SSSR count). The van der Waals surface area contributed by atoms with E-state index in [-0.39, 0.29) is 25.9 Å². The second-order valence-electron chi connectivity index (χ2n) is 19.1. The molecule has 0 fully saturated rings. The molecule has 3 unspecified atom stereocenters. The van der Waals surface area contributed by atoms with Crippen molar-refractivity contribution in [2.24, 2.45) is 0 Å². The Morgan fingerprint density at radius 3 is 1.06 bits per heavy atom. The summed E-state index contributed by atoms with van der Waals surface area (Å²) in [7, 11) is -4.74. The zero-order valence-corrected chi connectivity index (χ0v) is 45.0. The molecule has 0 aromatic rings. The molecule has 0 aromatic heterocycles. The van der Waals surface area contributed by atoms with Gasteiger partial charge < -0.3 is 24.2 Å². The lowest BCUT2D eigenvalue weighted by molar-refractivity contribution is -0.161. The second kappa shape index (κ2) is 51.3. The van der Waals surface area contributed by atoms with Gasteiger partial charge in [-0.05, 0) is 64.2 Å². The van der Waals surface area contributed by atoms with Crippen LogP contribution in [0.15, 0.2) is 24.3 Å². The number of phosphoric acid groups is 1. The molecule has 0 aliphatic rings. The molecule has 3 atom stereocenters. The van der Waals surface area contributed by atoms with Gasteiger partial charge in [-0.3, -0.25) is 23.4 Å². The first-order chi connectivity index (χ1) is 33.2. The van der Waals surface area contributed by atoms with Crippen molar-refractivity contribution >= 4 is 25.7 Å². The fourth-order valence-electron chi connectivity index (χ4n) is 7.98. The highest BCUT2D eigenvalue weighted by Crippen LogP contribution is 2.43. The maximum Gasteiger partial charge on any atom is 0.472 e. The number of phosphoric ester groups is 1. The molecule has 0 saturated carbocycles. The summed E-state index contributed by atoms with van der Waals surface area (Å²) in [4.78, 5) is 48.4. The lowest BCUT2D eigenvalue weighted by Crippen LogP contribution is -2.30. The molecule has 12 heteroatoms. The number of esters is 3. The number of ether oxygens (including phenoxy) is 3. The predicted molar refractivity (Wildman–Crippen MR) is 280 cm³/mol. The lowest BCUT2D eigenvalue weighted by Gasteiger charge is -2.21. The zero-order valence-electron chi connectivity index (χ0n) is 44.1. The Bertz CT molecular complexity index is 1240. The molecule has 0 radical (unpaired) electrons. The maximum atomic E-state index is 12.9. The number of allylic oxidation sites excluding steroid dienone is 4. The molecule has 0 saturated heterocycles. The summed E-state index contributed by atoms with van der Waals surface area (Å²) in [5, 5.41) is 9.77. The summed E-state index contributed by atoms with van der Waals surface area (Å²) >= 11 is 0. The van der Waals surface area contributed by atoms with Gasteiger partial charge in [0, 0.05) is 19.3 Å². The molecule has 0 aliphatic heterocycles. The number of carbonyl (C=O) groups is 3. The highest BCUT2D eigenvalue weighted by molar-refractivity contribution is 7.47. The van der Waals surface area contributed by atoms with E-state index in [1.807, 2.05) is 0 Å². The molecule has 0 aromatic carbocycles. The standard InChI is InChI=1S/C56H105O11P/c1-4-7-10-13-16-19-22-23-24-25-26-27-28-29-32-35-38-41-44-47-56(60)67-53(49-63-54(58)45-42-39-36-33-30-20-17-14-11-8-5-2)51-65-68(61,62)64-50-52(48-57)66-55(59)46-43-40-37-34-31-21-18-15-12-9-6-3/h15,18,23-24,52-53,57H,4-14,16-17,19-22,25-51H2,1-3H3,(H,61,62)/b18-15-,24-23-. The first kappa shape index (κ1) is 66.0. The van der Waals surface area contributed by atoms with Gasteiger partial charge in [0.25, 0.3) is 0 Å². The first-order valence-corrected chi connectivity index (χ1v) is 29.7. The number of aliphatic hydroxyl groups excluding tert-OH is 1. The minimum Gasteiger partial charge on any atom is -0.462 e. The van der Waals surface area contributed by atoms with Crippen LogP contribution >= 0.6 is 7.82 Å². The Morgan fingerprint density at radius 1 is 0.397 bits per heavy atom. The van der Waals surface area contributed by atoms with Crippen LogP contribution in [0.1, 0.15) is 278 Å². The molecule has 11 nitrogen and oxygen atoms in total. The smallest absolute Gasteiger partial charge is 0.462 e. The fourth-order valence-corrected chi connectivity index (χ4v) is 8.76. The molecule has 0 spiro atoms. The van der Waals surface area contributed by atoms with Gasteiger partial charge in [0.15, 0.2) is 6.10 Å². The predicted octanol–water partition coefficient (Wildman–Crippen LogP) is 16.3. The van der Waals surface area contributed by atoms with Crippen molar-refractivity contribution in [3.63, 3.8) is 0 Å². The van der Waals surface area contributed by atoms with E-state index in [0.717, 1.165) is 77.0 Å². The largest absolute Gasteiger partial charge is 0.472 e. The normalized spacial score (nSPS) is 13.5. The molecule has 2 N–H and O–H groups in total. The highest BCUT2D eigenvalue weighted by atomic mass is 31.2. The molecular formula is C56H105O11P. The van der Waals surface area contributed by atoms with Crippen LogP contribution in [-0.2, 0) is 42.2 Å². The van der Waals surface area contributed by atoms with E-state index >= 15 is 0 Å². The Kier molecular flexibility index (Phi) is 49.8. The molecule has 0 heterocycles. The second-order valence-corrected chi connectivity index (χ2v) is 20.6. The van der Waals surface area contributed by atoms with Gasteiger partial charge in [-0.25, -0.2) is 4.57 Å². The van der Waals surface area contributed by atoms with Crippen molar-refractivity contribution in [1.29, 1.82) is 0 Å². The summed E-state index contributed by atoms with van der Waals surface area (Å²) in [5.41, 5.74) is 0. The minimum atomic E-state index is -4.74. The van der Waals surface area contributed by atoms with Crippen LogP contribution in [0.4, 0.5) is 0 Å². The number of carbonyl (C=O) groups excluding carboxylic acids is 3. The van der Waals surface area contributed by atoms with Gasteiger partial charge in [-0.1, -0.05) is 218 Å². The average Bonchev–Trinajstić information content (AvgIpc) is 3.32. The van der Waals surface area contributed by atoms with Crippen LogP contribution in [0, 0.1) is 0 Å². The Labute approximate surface area is 417 Å². The van der Waals surface area contributed by atoms with Crippen LogP contribution in [0.2, 0.25) is 0 Å². The first-order valence-electron chi connectivity index (χ1n) is 28.2. The van der Waals surface area contributed by atoms with Gasteiger partial charge in [0.2, 0.25) is 0 Å². The van der Waals surface area contributed by atoms with Crippen molar-refractivity contribution < 1.29 is 52.2 Å². The monoisotopic (exact) mass is 985 g/mol. The van der Waals surface area contributed by atoms with Gasteiger partial charge in [-0.15, -0.1) is 0 Å². The zero-order chi connectivity index (χ0) is 49.9. The Balaban J connectivity index is 4.66. The highest BCUT2D eigenvalue weighted by Gasteiger charge is 2.28. The third-order valence-corrected chi connectivity index (χ3v) is 13.3. The molecule has 0 aliphatic carbocycles. The van der Waals surface area contributed by atoms with E-state index in [1.165, 1.54) is 141 Å². The number of hydrogen-bond acceptors (Lipinski definition) is 10. The Morgan fingerprint density at radius 2 is 0.691 bits per heavy atom. The Hall–Kier alpha value is -2.04. The van der Waals surface area contributed by atoms with Crippen molar-refractivity contribution in [3.8, 4) is 0 Å². The third-order valence-electron chi connectivity index (χ3n) is 12.3. The van der Waals surface area contributed by atoms with Crippen molar-refractivity contribution in [3.05, 3.63) is 24.3 Å². The molecular weight excluding hydrogens is 880 g/mol. The SMILES string of the molecule is CCCC/C=C\CCCCCCCC(=O)OC(CO)COP(=O)(O)OCC(COC(=O)CCCCCCCCCCCCC)OC(=O)CCCCCCCCCCC/C=C\CCCCCCCC. The van der Waals surface area contributed by atoms with Crippen molar-refractivity contribution in [2.75, 3.05) is 26.4 Å². The van der Waals surface area contributed by atoms with E-state index in [0.29, 0.717) is 19.3 Å². The topological polar surface area (TPSA) is 155 Å². The van der Waals surface area contributed by atoms with Gasteiger partial charge in [0.05, 0.1) is 19.8 Å². The van der Waals surface area contributed by atoms with Gasteiger partial charge in [0.1, 0.15) is 12.7 Å². The molecule has 400 valence electrons. The summed E-state index contributed by atoms with van der Waals surface area (Å²) < 4.78 is 39.4. The van der Waals surface area contributed by atoms with Crippen molar-refractivity contribution in [2.45, 2.75) is 290 Å². The quantitative estimate of drug-likeness (QED) is 0.0197. The van der Waals surface area contributed by atoms with E-state index in [9.17, 15) is 28.9 Å². The van der Waals surface area contributed by atoms with E-state index < -0.39 is 57.8 Å². The van der Waals surface area contributed by atoms with Gasteiger partial charge >= 0.3 is 25.7 Å². The fraction of sp³-hybridized carbons (Fsp3) is 0.875. The maximum absolute atomic E-state index is 12.9. The number of hydrogen-bond donors (Lipinski definition) is 2. The number of aliphatic hydroxyl groups is 1. The van der Waals surface area contributed by atoms with Crippen LogP contribution in [-0.4, -0.2) is 66.5 Å². The van der Waals surface area contributed by atoms with E-state index in [2.05, 4.69) is 45.1 Å². The minimum absolute atomic E-state index is 0.170. The van der Waals surface area contributed by atoms with E-state index in [4.69, 9.17) is 23.3 Å². The van der Waals surface area contributed by atoms with E-state index in [1.54, 1.807) is 0 Å². The average molecular weight is 985 g/mol. The summed E-state index contributed by atoms with van der Waals surface area (Å²) in [6, 6.07) is 0. The van der Waals surface area contributed by atoms with Gasteiger partial charge in [-0.2, -0.15) is 0 Å². The van der Waals surface area contributed by atoms with Crippen LogP contribution in [0.5, 0.6) is 0 Å². The molecule has 0 amide bonds. The van der Waals surface area contributed by atoms with Crippen molar-refractivity contribution in [1.82, 2.24) is 0 Å². The summed E-state index contributed by atoms with van der Waals surface area (Å²) in [5.74, 6) is -1.46.